The van der Waals surface area contributed by atoms with Crippen LogP contribution >= 0.6 is 0 Å². The summed E-state index contributed by atoms with van der Waals surface area (Å²) >= 11 is 0. The average Bonchev–Trinajstić information content (AvgIpc) is 3.20. The van der Waals surface area contributed by atoms with E-state index < -0.39 is 39.5 Å². The Hall–Kier alpha value is -2.92. The first-order valence-electron chi connectivity index (χ1n) is 10.8. The second-order valence-corrected chi connectivity index (χ2v) is 10.7. The predicted octanol–water partition coefficient (Wildman–Crippen LogP) is 2.11. The lowest BCUT2D eigenvalue weighted by molar-refractivity contribution is -0.139. The summed E-state index contributed by atoms with van der Waals surface area (Å²) in [5, 5.41) is 10.5. The lowest BCUT2D eigenvalue weighted by Crippen LogP contribution is -2.44. The molecule has 33 heavy (non-hydrogen) atoms. The molecule has 3 amide bonds. The molecule has 1 aromatic carbocycles. The van der Waals surface area contributed by atoms with Crippen molar-refractivity contribution in [1.82, 2.24) is 14.5 Å². The van der Waals surface area contributed by atoms with Crippen LogP contribution in [0.25, 0.3) is 11.0 Å². The van der Waals surface area contributed by atoms with Crippen LogP contribution in [-0.2, 0) is 32.5 Å². The van der Waals surface area contributed by atoms with Gasteiger partial charge in [0.05, 0.1) is 4.90 Å². The SMILES string of the molecule is CN1C(=O)N(CCC(NS(=O)(=O)c2ccc3c4c(oc3c2)CCCC4)C(=O)O)C(=O)C1(C)C. The zero-order valence-corrected chi connectivity index (χ0v) is 19.6. The maximum atomic E-state index is 12.9. The number of hydrogen-bond acceptors (Lipinski definition) is 6. The van der Waals surface area contributed by atoms with Gasteiger partial charge in [-0.2, -0.15) is 4.72 Å². The number of carboxylic acids is 1. The monoisotopic (exact) mass is 477 g/mol. The van der Waals surface area contributed by atoms with E-state index in [1.54, 1.807) is 19.9 Å². The fourth-order valence-corrected chi connectivity index (χ4v) is 5.57. The number of hydrogen-bond donors (Lipinski definition) is 2. The topological polar surface area (TPSA) is 137 Å². The second-order valence-electron chi connectivity index (χ2n) is 9.03. The van der Waals surface area contributed by atoms with Crippen LogP contribution in [0.4, 0.5) is 4.79 Å². The Morgan fingerprint density at radius 1 is 1.24 bits per heavy atom. The Morgan fingerprint density at radius 2 is 1.94 bits per heavy atom. The van der Waals surface area contributed by atoms with Crippen molar-refractivity contribution in [3.63, 3.8) is 0 Å². The normalized spacial score (nSPS) is 19.2. The standard InChI is InChI=1S/C22H27N3O7S/c1-22(2)20(28)25(21(29)24(22)3)11-10-16(19(26)27)23-33(30,31)13-8-9-15-14-6-4-5-7-17(14)32-18(15)12-13/h8-9,12,16,23H,4-7,10-11H2,1-3H3,(H,26,27). The number of imide groups is 1. The molecule has 0 radical (unpaired) electrons. The van der Waals surface area contributed by atoms with Gasteiger partial charge < -0.3 is 14.4 Å². The van der Waals surface area contributed by atoms with Crippen molar-refractivity contribution in [3.8, 4) is 0 Å². The number of nitrogens with zero attached hydrogens (tertiary/aromatic N) is 2. The number of aliphatic carboxylic acids is 1. The molecule has 1 aromatic heterocycles. The van der Waals surface area contributed by atoms with Gasteiger partial charge in [0.15, 0.2) is 0 Å². The summed E-state index contributed by atoms with van der Waals surface area (Å²) in [6, 6.07) is 2.44. The molecule has 2 aromatic rings. The van der Waals surface area contributed by atoms with Crippen LogP contribution in [0.3, 0.4) is 0 Å². The summed E-state index contributed by atoms with van der Waals surface area (Å²) in [5.74, 6) is -0.996. The summed E-state index contributed by atoms with van der Waals surface area (Å²) in [6.45, 7) is 2.95. The smallest absolute Gasteiger partial charge is 0.327 e. The van der Waals surface area contributed by atoms with Crippen LogP contribution in [0.2, 0.25) is 0 Å². The van der Waals surface area contributed by atoms with E-state index in [4.69, 9.17) is 4.42 Å². The van der Waals surface area contributed by atoms with Crippen LogP contribution in [0.5, 0.6) is 0 Å². The van der Waals surface area contributed by atoms with E-state index in [0.717, 1.165) is 47.3 Å². The van der Waals surface area contributed by atoms with Crippen molar-refractivity contribution in [2.45, 2.75) is 62.4 Å². The molecule has 1 aliphatic carbocycles. The fourth-order valence-electron chi connectivity index (χ4n) is 4.34. The zero-order chi connectivity index (χ0) is 24.1. The molecule has 1 saturated heterocycles. The summed E-state index contributed by atoms with van der Waals surface area (Å²) in [4.78, 5) is 38.8. The van der Waals surface area contributed by atoms with Crippen LogP contribution < -0.4 is 4.72 Å². The number of urea groups is 1. The molecule has 0 spiro atoms. The zero-order valence-electron chi connectivity index (χ0n) is 18.8. The maximum absolute atomic E-state index is 12.9. The summed E-state index contributed by atoms with van der Waals surface area (Å²) in [7, 11) is -2.71. The number of furan rings is 1. The largest absolute Gasteiger partial charge is 0.480 e. The van der Waals surface area contributed by atoms with Gasteiger partial charge in [-0.1, -0.05) is 0 Å². The lowest BCUT2D eigenvalue weighted by Gasteiger charge is -2.22. The second kappa shape index (κ2) is 8.14. The van der Waals surface area contributed by atoms with Gasteiger partial charge >= 0.3 is 12.0 Å². The van der Waals surface area contributed by atoms with Gasteiger partial charge in [0, 0.05) is 37.0 Å². The van der Waals surface area contributed by atoms with Gasteiger partial charge in [-0.05, 0) is 51.7 Å². The number of amides is 3. The Balaban J connectivity index is 1.52. The van der Waals surface area contributed by atoms with Gasteiger partial charge in [-0.3, -0.25) is 14.5 Å². The average molecular weight is 478 g/mol. The molecule has 0 saturated carbocycles. The number of fused-ring (bicyclic) bond motifs is 3. The Kier molecular flexibility index (Phi) is 5.73. The number of nitrogens with one attached hydrogen (secondary N) is 1. The van der Waals surface area contributed by atoms with Crippen LogP contribution in [0.1, 0.15) is 44.4 Å². The van der Waals surface area contributed by atoms with Crippen molar-refractivity contribution < 1.29 is 32.3 Å². The number of carbonyl (C=O) groups excluding carboxylic acids is 2. The van der Waals surface area contributed by atoms with E-state index in [9.17, 15) is 27.9 Å². The van der Waals surface area contributed by atoms with Crippen molar-refractivity contribution >= 4 is 38.9 Å². The van der Waals surface area contributed by atoms with Crippen molar-refractivity contribution in [2.75, 3.05) is 13.6 Å². The number of likely N-dealkylation sites (N-methyl/N-ethyl adjacent to an activating group) is 1. The maximum Gasteiger partial charge on any atom is 0.327 e. The van der Waals surface area contributed by atoms with Crippen LogP contribution in [0.15, 0.2) is 27.5 Å². The van der Waals surface area contributed by atoms with E-state index in [1.807, 2.05) is 0 Å². The molecule has 2 aliphatic rings. The number of benzene rings is 1. The summed E-state index contributed by atoms with van der Waals surface area (Å²) in [5.41, 5.74) is 0.506. The highest BCUT2D eigenvalue weighted by Gasteiger charge is 2.49. The molecule has 2 heterocycles. The van der Waals surface area contributed by atoms with Gasteiger partial charge in [0.1, 0.15) is 22.9 Å². The molecule has 1 atom stereocenters. The molecule has 1 unspecified atom stereocenters. The highest BCUT2D eigenvalue weighted by atomic mass is 32.2. The lowest BCUT2D eigenvalue weighted by atomic mass is 9.96. The van der Waals surface area contributed by atoms with E-state index >= 15 is 0 Å². The third kappa shape index (κ3) is 3.99. The van der Waals surface area contributed by atoms with Crippen molar-refractivity contribution in [3.05, 3.63) is 29.5 Å². The van der Waals surface area contributed by atoms with Crippen LogP contribution in [-0.4, -0.2) is 66.4 Å². The van der Waals surface area contributed by atoms with Gasteiger partial charge in [-0.25, -0.2) is 13.2 Å². The molecule has 0 bridgehead atoms. The number of rotatable bonds is 7. The number of carbonyl (C=O) groups is 3. The van der Waals surface area contributed by atoms with E-state index in [1.165, 1.54) is 24.1 Å². The van der Waals surface area contributed by atoms with Gasteiger partial charge in [0.25, 0.3) is 5.91 Å². The molecule has 178 valence electrons. The summed E-state index contributed by atoms with van der Waals surface area (Å²) in [6.07, 6.45) is 3.50. The molecule has 2 N–H and O–H groups in total. The first-order chi connectivity index (χ1) is 15.4. The first-order valence-corrected chi connectivity index (χ1v) is 12.3. The first kappa shape index (κ1) is 23.2. The van der Waals surface area contributed by atoms with Gasteiger partial charge in [-0.15, -0.1) is 0 Å². The van der Waals surface area contributed by atoms with E-state index in [-0.39, 0.29) is 17.9 Å². The molecule has 10 nitrogen and oxygen atoms in total. The third-order valence-electron chi connectivity index (χ3n) is 6.60. The molecule has 1 fully saturated rings. The molecular formula is C22H27N3O7S. The molecular weight excluding hydrogens is 450 g/mol. The van der Waals surface area contributed by atoms with Gasteiger partial charge in [0.2, 0.25) is 10.0 Å². The van der Waals surface area contributed by atoms with E-state index in [2.05, 4.69) is 4.72 Å². The number of carboxylic acid groups (broad SMARTS) is 1. The summed E-state index contributed by atoms with van der Waals surface area (Å²) < 4.78 is 33.9. The predicted molar refractivity (Wildman–Crippen MR) is 118 cm³/mol. The number of sulfonamides is 1. The molecule has 4 rings (SSSR count). The Morgan fingerprint density at radius 3 is 2.58 bits per heavy atom. The molecule has 1 aliphatic heterocycles. The fraction of sp³-hybridized carbons (Fsp3) is 0.500. The Labute approximate surface area is 191 Å². The van der Waals surface area contributed by atoms with Crippen molar-refractivity contribution in [2.24, 2.45) is 0 Å². The highest BCUT2D eigenvalue weighted by Crippen LogP contribution is 2.33. The molecule has 11 heteroatoms. The van der Waals surface area contributed by atoms with E-state index in [0.29, 0.717) is 5.58 Å². The van der Waals surface area contributed by atoms with Crippen LogP contribution in [0, 0.1) is 0 Å². The third-order valence-corrected chi connectivity index (χ3v) is 8.07. The number of aryl methyl sites for hydroxylation is 2. The minimum Gasteiger partial charge on any atom is -0.480 e. The quantitative estimate of drug-likeness (QED) is 0.583. The Bertz CT molecular complexity index is 1250. The highest BCUT2D eigenvalue weighted by molar-refractivity contribution is 7.89. The minimum atomic E-state index is -4.19. The van der Waals surface area contributed by atoms with Crippen molar-refractivity contribution in [1.29, 1.82) is 0 Å². The minimum absolute atomic E-state index is 0.110.